The van der Waals surface area contributed by atoms with Gasteiger partial charge >= 0.3 is 0 Å². The quantitative estimate of drug-likeness (QED) is 0.428. The van der Waals surface area contributed by atoms with Crippen molar-refractivity contribution in [3.8, 4) is 11.5 Å². The normalized spacial score (nSPS) is 17.6. The van der Waals surface area contributed by atoms with E-state index in [2.05, 4.69) is 15.4 Å². The number of fused-ring (bicyclic) bond motifs is 2. The van der Waals surface area contributed by atoms with E-state index in [9.17, 15) is 14.4 Å². The summed E-state index contributed by atoms with van der Waals surface area (Å²) in [4.78, 5) is 38.9. The molecule has 0 fully saturated rings. The highest BCUT2D eigenvalue weighted by atomic mass is 32.2. The molecule has 2 heterocycles. The maximum atomic E-state index is 13.1. The summed E-state index contributed by atoms with van der Waals surface area (Å²) >= 11 is 1.34. The number of carbonyl (C=O) groups excluding carboxylic acids is 3. The lowest BCUT2D eigenvalue weighted by atomic mass is 10.00. The summed E-state index contributed by atoms with van der Waals surface area (Å²) in [5.74, 6) is -0.328. The minimum Gasteiger partial charge on any atom is -0.486 e. The molecule has 2 amide bonds. The number of nitrogens with one attached hydrogen (secondary N) is 3. The van der Waals surface area contributed by atoms with Crippen molar-refractivity contribution in [3.63, 3.8) is 0 Å². The van der Waals surface area contributed by atoms with Gasteiger partial charge in [0, 0.05) is 17.9 Å². The van der Waals surface area contributed by atoms with E-state index in [0.29, 0.717) is 37.7 Å². The van der Waals surface area contributed by atoms with Crippen LogP contribution in [-0.4, -0.2) is 49.4 Å². The summed E-state index contributed by atoms with van der Waals surface area (Å²) in [5, 5.41) is 5.31. The van der Waals surface area contributed by atoms with Crippen LogP contribution in [0.2, 0.25) is 0 Å². The fourth-order valence-electron chi connectivity index (χ4n) is 3.65. The van der Waals surface area contributed by atoms with Gasteiger partial charge in [0.15, 0.2) is 11.5 Å². The number of ketones is 1. The number of Topliss-reactive ketones (excluding diaryl/α,β-unsaturated/α-hetero) is 1. The van der Waals surface area contributed by atoms with Crippen LogP contribution in [0.1, 0.15) is 18.1 Å². The number of hydrogen-bond acceptors (Lipinski definition) is 7. The predicted octanol–water partition coefficient (Wildman–Crippen LogP) is 1.41. The molecule has 0 aromatic heterocycles. The molecule has 1 unspecified atom stereocenters. The number of benzene rings is 2. The van der Waals surface area contributed by atoms with Crippen LogP contribution in [0.3, 0.4) is 0 Å². The van der Waals surface area contributed by atoms with Gasteiger partial charge in [-0.2, -0.15) is 0 Å². The number of likely N-dealkylation sites (N-methyl/N-ethyl adjacent to an activating group) is 1. The van der Waals surface area contributed by atoms with E-state index in [1.54, 1.807) is 6.92 Å². The topological polar surface area (TPSA) is 106 Å². The highest BCUT2D eigenvalue weighted by Gasteiger charge is 2.32. The zero-order valence-corrected chi connectivity index (χ0v) is 18.5. The van der Waals surface area contributed by atoms with Crippen LogP contribution < -0.4 is 24.8 Å². The standard InChI is InChI=1S/C23H25N3O5S/c1-2-24-23(29)21(27)16(10-14-6-4-3-5-7-14)25-22(28)17-11-15-12-18-19(31-9-8-30-18)13-20(15)32-26-17/h3-7,12-13,16-17,26H,2,8-11H2,1H3,(H,24,29)(H,25,28)/t16-,17?/m0/s1. The third kappa shape index (κ3) is 5.05. The Hall–Kier alpha value is -3.04. The van der Waals surface area contributed by atoms with Gasteiger partial charge in [-0.3, -0.25) is 14.4 Å². The molecule has 2 aliphatic heterocycles. The van der Waals surface area contributed by atoms with Crippen LogP contribution in [-0.2, 0) is 27.2 Å². The lowest BCUT2D eigenvalue weighted by Gasteiger charge is -2.28. The van der Waals surface area contributed by atoms with Gasteiger partial charge in [0.2, 0.25) is 11.7 Å². The third-order valence-corrected chi connectivity index (χ3v) is 6.26. The second kappa shape index (κ2) is 10.1. The first kappa shape index (κ1) is 22.2. The Labute approximate surface area is 190 Å². The van der Waals surface area contributed by atoms with Crippen molar-refractivity contribution >= 4 is 29.5 Å². The Morgan fingerprint density at radius 1 is 1.12 bits per heavy atom. The summed E-state index contributed by atoms with van der Waals surface area (Å²) in [7, 11) is 0. The van der Waals surface area contributed by atoms with E-state index in [1.807, 2.05) is 42.5 Å². The molecule has 168 valence electrons. The monoisotopic (exact) mass is 455 g/mol. The van der Waals surface area contributed by atoms with Gasteiger partial charge in [0.1, 0.15) is 25.3 Å². The highest BCUT2D eigenvalue weighted by Crippen LogP contribution is 2.39. The lowest BCUT2D eigenvalue weighted by Crippen LogP contribution is -2.54. The highest BCUT2D eigenvalue weighted by molar-refractivity contribution is 7.97. The number of hydrogen-bond donors (Lipinski definition) is 3. The number of rotatable bonds is 7. The molecular formula is C23H25N3O5S. The Bertz CT molecular complexity index is 1010. The SMILES string of the molecule is CCNC(=O)C(=O)[C@H](Cc1ccccc1)NC(=O)C1Cc2cc3c(cc2SN1)OCCO3. The first-order valence-corrected chi connectivity index (χ1v) is 11.4. The minimum absolute atomic E-state index is 0.234. The van der Waals surface area contributed by atoms with E-state index in [1.165, 1.54) is 11.9 Å². The van der Waals surface area contributed by atoms with Crippen LogP contribution >= 0.6 is 11.9 Å². The molecule has 0 saturated carbocycles. The van der Waals surface area contributed by atoms with Crippen LogP contribution in [0, 0.1) is 0 Å². The molecule has 8 nitrogen and oxygen atoms in total. The van der Waals surface area contributed by atoms with E-state index in [4.69, 9.17) is 9.47 Å². The zero-order valence-electron chi connectivity index (χ0n) is 17.7. The first-order valence-electron chi connectivity index (χ1n) is 10.6. The van der Waals surface area contributed by atoms with Gasteiger partial charge in [-0.1, -0.05) is 30.3 Å². The molecule has 4 rings (SSSR count). The largest absolute Gasteiger partial charge is 0.486 e. The van der Waals surface area contributed by atoms with Crippen LogP contribution in [0.25, 0.3) is 0 Å². The molecule has 0 aliphatic carbocycles. The van der Waals surface area contributed by atoms with Crippen LogP contribution in [0.4, 0.5) is 0 Å². The summed E-state index contributed by atoms with van der Waals surface area (Å²) in [6.45, 7) is 3.08. The molecule has 0 bridgehead atoms. The van der Waals surface area contributed by atoms with Gasteiger partial charge < -0.3 is 20.1 Å². The molecule has 0 radical (unpaired) electrons. The molecule has 0 spiro atoms. The van der Waals surface area contributed by atoms with E-state index in [-0.39, 0.29) is 12.3 Å². The Morgan fingerprint density at radius 3 is 2.56 bits per heavy atom. The maximum Gasteiger partial charge on any atom is 0.289 e. The number of ether oxygens (including phenoxy) is 2. The van der Waals surface area contributed by atoms with E-state index < -0.39 is 23.8 Å². The smallest absolute Gasteiger partial charge is 0.289 e. The fourth-order valence-corrected chi connectivity index (χ4v) is 4.55. The minimum atomic E-state index is -0.954. The molecule has 0 saturated heterocycles. The molecule has 3 N–H and O–H groups in total. The Kier molecular flexibility index (Phi) is 6.96. The first-order chi connectivity index (χ1) is 15.5. The zero-order chi connectivity index (χ0) is 22.5. The van der Waals surface area contributed by atoms with Crippen LogP contribution in [0.15, 0.2) is 47.4 Å². The predicted molar refractivity (Wildman–Crippen MR) is 120 cm³/mol. The van der Waals surface area contributed by atoms with E-state index >= 15 is 0 Å². The molecule has 2 aliphatic rings. The van der Waals surface area contributed by atoms with Crippen molar-refractivity contribution in [3.05, 3.63) is 53.6 Å². The van der Waals surface area contributed by atoms with Gasteiger partial charge in [-0.05, 0) is 48.6 Å². The molecule has 2 atom stereocenters. The summed E-state index contributed by atoms with van der Waals surface area (Å²) in [6, 6.07) is 11.6. The average molecular weight is 456 g/mol. The Balaban J connectivity index is 1.48. The Morgan fingerprint density at radius 2 is 1.84 bits per heavy atom. The third-order valence-electron chi connectivity index (χ3n) is 5.25. The average Bonchev–Trinajstić information content (AvgIpc) is 2.82. The second-order valence-electron chi connectivity index (χ2n) is 7.55. The molecule has 2 aromatic rings. The maximum absolute atomic E-state index is 13.1. The summed E-state index contributed by atoms with van der Waals surface area (Å²) in [5.41, 5.74) is 1.82. The molecule has 9 heteroatoms. The van der Waals surface area contributed by atoms with Crippen molar-refractivity contribution in [1.29, 1.82) is 0 Å². The van der Waals surface area contributed by atoms with Crippen LogP contribution in [0.5, 0.6) is 11.5 Å². The van der Waals surface area contributed by atoms with Gasteiger partial charge in [0.05, 0.1) is 0 Å². The lowest BCUT2D eigenvalue weighted by molar-refractivity contribution is -0.140. The fraction of sp³-hybridized carbons (Fsp3) is 0.348. The summed E-state index contributed by atoms with van der Waals surface area (Å²) < 4.78 is 14.4. The number of carbonyl (C=O) groups is 3. The molecule has 32 heavy (non-hydrogen) atoms. The van der Waals surface area contributed by atoms with E-state index in [0.717, 1.165) is 16.0 Å². The summed E-state index contributed by atoms with van der Waals surface area (Å²) in [6.07, 6.45) is 0.663. The van der Waals surface area contributed by atoms with Crippen molar-refractivity contribution in [2.45, 2.75) is 36.7 Å². The van der Waals surface area contributed by atoms with Gasteiger partial charge in [-0.25, -0.2) is 4.72 Å². The number of amides is 2. The molecular weight excluding hydrogens is 430 g/mol. The van der Waals surface area contributed by atoms with Crippen molar-refractivity contribution in [1.82, 2.24) is 15.4 Å². The second-order valence-corrected chi connectivity index (χ2v) is 8.43. The van der Waals surface area contributed by atoms with Crippen molar-refractivity contribution < 1.29 is 23.9 Å². The molecule has 2 aromatic carbocycles. The van der Waals surface area contributed by atoms with Gasteiger partial charge in [-0.15, -0.1) is 0 Å². The van der Waals surface area contributed by atoms with Crippen molar-refractivity contribution in [2.75, 3.05) is 19.8 Å². The van der Waals surface area contributed by atoms with Gasteiger partial charge in [0.25, 0.3) is 5.91 Å². The van der Waals surface area contributed by atoms with Crippen molar-refractivity contribution in [2.24, 2.45) is 0 Å².